The topological polar surface area (TPSA) is 0 Å². The van der Waals surface area contributed by atoms with Crippen LogP contribution in [0.4, 0.5) is 0 Å². The van der Waals surface area contributed by atoms with Gasteiger partial charge in [-0.1, -0.05) is 186 Å². The van der Waals surface area contributed by atoms with E-state index in [0.717, 1.165) is 6.42 Å². The Balaban J connectivity index is 1.17. The normalized spacial score (nSPS) is 17.1. The number of rotatable bonds is 3. The maximum absolute atomic E-state index is 2.61. The fraction of sp³-hybridized carbons (Fsp3) is 0.153. The van der Waals surface area contributed by atoms with Gasteiger partial charge in [0.05, 0.1) is 0 Å². The molecule has 0 aliphatic heterocycles. The summed E-state index contributed by atoms with van der Waals surface area (Å²) >= 11 is 0. The van der Waals surface area contributed by atoms with Crippen molar-refractivity contribution in [2.75, 3.05) is 0 Å². The zero-order valence-electron chi connectivity index (χ0n) is 34.5. The first-order chi connectivity index (χ1) is 28.7. The predicted molar refractivity (Wildman–Crippen MR) is 253 cm³/mol. The van der Waals surface area contributed by atoms with Gasteiger partial charge in [0, 0.05) is 10.8 Å². The van der Waals surface area contributed by atoms with E-state index in [2.05, 4.69) is 204 Å². The van der Waals surface area contributed by atoms with Crippen molar-refractivity contribution in [2.24, 2.45) is 5.92 Å². The van der Waals surface area contributed by atoms with Crippen molar-refractivity contribution < 1.29 is 0 Å². The first-order valence-electron chi connectivity index (χ1n) is 21.4. The van der Waals surface area contributed by atoms with Crippen molar-refractivity contribution in [1.29, 1.82) is 0 Å². The summed E-state index contributed by atoms with van der Waals surface area (Å²) in [6, 6.07) is 59.7. The van der Waals surface area contributed by atoms with E-state index >= 15 is 0 Å². The van der Waals surface area contributed by atoms with Gasteiger partial charge in [0.25, 0.3) is 0 Å². The van der Waals surface area contributed by atoms with E-state index < -0.39 is 0 Å². The van der Waals surface area contributed by atoms with Crippen LogP contribution >= 0.6 is 0 Å². The van der Waals surface area contributed by atoms with Crippen LogP contribution in [-0.4, -0.2) is 0 Å². The maximum atomic E-state index is 2.61. The molecule has 0 heteroatoms. The van der Waals surface area contributed by atoms with E-state index in [-0.39, 0.29) is 10.8 Å². The van der Waals surface area contributed by atoms with Crippen LogP contribution < -0.4 is 0 Å². The number of benzene rings is 9. The fourth-order valence-corrected chi connectivity index (χ4v) is 11.8. The zero-order valence-corrected chi connectivity index (χ0v) is 34.5. The molecule has 0 radical (unpaired) electrons. The minimum absolute atomic E-state index is 0.0892. The van der Waals surface area contributed by atoms with Crippen LogP contribution in [0.5, 0.6) is 0 Å². The van der Waals surface area contributed by atoms with E-state index in [9.17, 15) is 0 Å². The highest BCUT2D eigenvalue weighted by Crippen LogP contribution is 2.60. The molecule has 1 atom stereocenters. The molecule has 12 rings (SSSR count). The van der Waals surface area contributed by atoms with Crippen molar-refractivity contribution in [3.63, 3.8) is 0 Å². The van der Waals surface area contributed by atoms with Crippen LogP contribution in [0.3, 0.4) is 0 Å². The lowest BCUT2D eigenvalue weighted by Gasteiger charge is -2.30. The molecule has 9 aromatic carbocycles. The molecule has 0 saturated carbocycles. The maximum Gasteiger partial charge on any atom is 0.0159 e. The summed E-state index contributed by atoms with van der Waals surface area (Å²) in [4.78, 5) is 0. The number of allylic oxidation sites excluding steroid dienone is 4. The van der Waals surface area contributed by atoms with Gasteiger partial charge in [0.15, 0.2) is 0 Å². The highest BCUT2D eigenvalue weighted by Gasteiger charge is 2.44. The third-order valence-corrected chi connectivity index (χ3v) is 14.5. The third kappa shape index (κ3) is 4.72. The molecule has 0 nitrogen and oxygen atoms in total. The molecule has 59 heavy (non-hydrogen) atoms. The molecule has 0 heterocycles. The van der Waals surface area contributed by atoms with E-state index in [4.69, 9.17) is 0 Å². The molecular weight excluding hydrogens is 709 g/mol. The SMILES string of the molecule is CC1CC=CC2=C1C(C)(C)c1cc(-c3c4ccccc4c(-c4ccc5cc(-c6ccccc6)ccc5c4)c4ccccc34)c3ccc4c(c3c12)-c1ccccc1C4(C)C. The van der Waals surface area contributed by atoms with Crippen molar-refractivity contribution in [3.05, 3.63) is 198 Å². The van der Waals surface area contributed by atoms with Crippen molar-refractivity contribution >= 4 is 48.7 Å². The van der Waals surface area contributed by atoms with Gasteiger partial charge in [-0.25, -0.2) is 0 Å². The number of hydrogen-bond donors (Lipinski definition) is 0. The zero-order chi connectivity index (χ0) is 39.8. The van der Waals surface area contributed by atoms with E-state index in [1.807, 2.05) is 0 Å². The molecule has 9 aromatic rings. The summed E-state index contributed by atoms with van der Waals surface area (Å²) in [7, 11) is 0. The minimum Gasteiger partial charge on any atom is -0.0833 e. The van der Waals surface area contributed by atoms with Gasteiger partial charge in [-0.2, -0.15) is 0 Å². The van der Waals surface area contributed by atoms with Gasteiger partial charge < -0.3 is 0 Å². The highest BCUT2D eigenvalue weighted by molar-refractivity contribution is 6.26. The molecular formula is C59H46. The summed E-state index contributed by atoms with van der Waals surface area (Å²) in [5, 5.41) is 10.4. The lowest BCUT2D eigenvalue weighted by atomic mass is 9.73. The number of fused-ring (bicyclic) bond motifs is 11. The first-order valence-corrected chi connectivity index (χ1v) is 21.4. The summed E-state index contributed by atoms with van der Waals surface area (Å²) < 4.78 is 0. The summed E-state index contributed by atoms with van der Waals surface area (Å²) in [5.74, 6) is 0.490. The van der Waals surface area contributed by atoms with Crippen LogP contribution in [0.25, 0.3) is 93.2 Å². The Morgan fingerprint density at radius 2 is 1.03 bits per heavy atom. The Hall–Kier alpha value is -6.50. The van der Waals surface area contributed by atoms with E-state index in [1.54, 1.807) is 5.57 Å². The molecule has 3 aliphatic carbocycles. The summed E-state index contributed by atoms with van der Waals surface area (Å²) in [6.07, 6.45) is 5.97. The second kappa shape index (κ2) is 12.3. The monoisotopic (exact) mass is 754 g/mol. The third-order valence-electron chi connectivity index (χ3n) is 14.5. The molecule has 0 saturated heterocycles. The quantitative estimate of drug-likeness (QED) is 0.158. The Labute approximate surface area is 347 Å². The first kappa shape index (κ1) is 34.5. The minimum atomic E-state index is -0.106. The van der Waals surface area contributed by atoms with E-state index in [1.165, 1.54) is 115 Å². The van der Waals surface area contributed by atoms with Gasteiger partial charge in [0.2, 0.25) is 0 Å². The fourth-order valence-electron chi connectivity index (χ4n) is 11.8. The largest absolute Gasteiger partial charge is 0.0833 e. The average molecular weight is 755 g/mol. The standard InChI is InChI=1S/C59H46/c1-35-16-15-24-47-55-51(59(4,5)57(35)47)34-48(45-30-31-50-54(56(45)55)46-23-13-14-25-49(46)58(50,2)3)53-43-21-11-9-19-41(43)52(42-20-10-12-22-44(42)53)40-29-28-38-32-37(26-27-39(38)33-40)36-17-7-6-8-18-36/h6-15,17-35H,16H2,1-5H3. The van der Waals surface area contributed by atoms with Gasteiger partial charge in [-0.15, -0.1) is 0 Å². The van der Waals surface area contributed by atoms with E-state index in [0.29, 0.717) is 5.92 Å². The average Bonchev–Trinajstić information content (AvgIpc) is 3.65. The van der Waals surface area contributed by atoms with Crippen molar-refractivity contribution in [1.82, 2.24) is 0 Å². The summed E-state index contributed by atoms with van der Waals surface area (Å²) in [5.41, 5.74) is 19.1. The predicted octanol–water partition coefficient (Wildman–Crippen LogP) is 16.2. The molecule has 1 unspecified atom stereocenters. The van der Waals surface area contributed by atoms with Crippen LogP contribution in [0, 0.1) is 5.92 Å². The molecule has 3 aliphatic rings. The Bertz CT molecular complexity index is 3290. The Kier molecular flexibility index (Phi) is 7.18. The second-order valence-electron chi connectivity index (χ2n) is 18.4. The van der Waals surface area contributed by atoms with Crippen molar-refractivity contribution in [3.8, 4) is 44.5 Å². The highest BCUT2D eigenvalue weighted by atomic mass is 14.5. The van der Waals surface area contributed by atoms with Gasteiger partial charge >= 0.3 is 0 Å². The van der Waals surface area contributed by atoms with Crippen LogP contribution in [0.1, 0.15) is 63.3 Å². The lowest BCUT2D eigenvalue weighted by Crippen LogP contribution is -2.22. The molecule has 0 bridgehead atoms. The van der Waals surface area contributed by atoms with Crippen molar-refractivity contribution in [2.45, 2.75) is 51.9 Å². The van der Waals surface area contributed by atoms with Crippen LogP contribution in [-0.2, 0) is 10.8 Å². The molecule has 0 spiro atoms. The molecule has 0 fully saturated rings. The Morgan fingerprint density at radius 3 is 1.75 bits per heavy atom. The molecule has 0 aromatic heterocycles. The molecule has 0 N–H and O–H groups in total. The van der Waals surface area contributed by atoms with Crippen LogP contribution in [0.2, 0.25) is 0 Å². The molecule has 0 amide bonds. The lowest BCUT2D eigenvalue weighted by molar-refractivity contribution is 0.531. The summed E-state index contributed by atoms with van der Waals surface area (Å²) in [6.45, 7) is 12.2. The molecule has 282 valence electrons. The second-order valence-corrected chi connectivity index (χ2v) is 18.4. The van der Waals surface area contributed by atoms with Crippen LogP contribution in [0.15, 0.2) is 175 Å². The number of hydrogen-bond acceptors (Lipinski definition) is 0. The van der Waals surface area contributed by atoms with Gasteiger partial charge in [-0.3, -0.25) is 0 Å². The Morgan fingerprint density at radius 1 is 0.424 bits per heavy atom. The smallest absolute Gasteiger partial charge is 0.0159 e. The van der Waals surface area contributed by atoms with Gasteiger partial charge in [0.1, 0.15) is 0 Å². The van der Waals surface area contributed by atoms with Gasteiger partial charge in [-0.05, 0) is 152 Å².